The van der Waals surface area contributed by atoms with Crippen molar-refractivity contribution < 1.29 is 9.21 Å². The van der Waals surface area contributed by atoms with Crippen molar-refractivity contribution in [2.24, 2.45) is 7.05 Å². The Labute approximate surface area is 85.9 Å². The number of amides is 1. The van der Waals surface area contributed by atoms with Crippen molar-refractivity contribution in [2.75, 3.05) is 5.32 Å². The van der Waals surface area contributed by atoms with Crippen molar-refractivity contribution in [3.8, 4) is 0 Å². The van der Waals surface area contributed by atoms with Crippen LogP contribution in [0.3, 0.4) is 0 Å². The second-order valence-corrected chi connectivity index (χ2v) is 3.04. The predicted octanol–water partition coefficient (Wildman–Crippen LogP) is 0.969. The molecule has 0 aliphatic heterocycles. The van der Waals surface area contributed by atoms with Gasteiger partial charge in [-0.2, -0.15) is 10.1 Å². The van der Waals surface area contributed by atoms with Gasteiger partial charge in [-0.3, -0.25) is 10.1 Å². The summed E-state index contributed by atoms with van der Waals surface area (Å²) in [6.45, 7) is 1.75. The molecule has 2 rings (SSSR count). The molecule has 0 aromatic carbocycles. The minimum atomic E-state index is -0.337. The van der Waals surface area contributed by atoms with E-state index in [0.29, 0.717) is 11.8 Å². The van der Waals surface area contributed by atoms with E-state index in [2.05, 4.69) is 15.4 Å². The summed E-state index contributed by atoms with van der Waals surface area (Å²) in [4.78, 5) is 15.6. The minimum absolute atomic E-state index is 0.246. The molecule has 0 spiro atoms. The zero-order valence-electron chi connectivity index (χ0n) is 8.39. The molecule has 0 radical (unpaired) electrons. The van der Waals surface area contributed by atoms with E-state index < -0.39 is 0 Å². The fraction of sp³-hybridized carbons (Fsp3) is 0.222. The maximum Gasteiger partial charge on any atom is 0.293 e. The average molecular weight is 206 g/mol. The third kappa shape index (κ3) is 1.88. The predicted molar refractivity (Wildman–Crippen MR) is 52.4 cm³/mol. The number of furan rings is 1. The highest BCUT2D eigenvalue weighted by Crippen LogP contribution is 2.06. The number of aryl methyl sites for hydroxylation is 2. The number of anilines is 1. The zero-order valence-corrected chi connectivity index (χ0v) is 8.39. The van der Waals surface area contributed by atoms with Gasteiger partial charge in [0.05, 0.1) is 6.26 Å². The molecule has 0 saturated heterocycles. The first-order valence-electron chi connectivity index (χ1n) is 4.39. The number of nitrogens with one attached hydrogen (secondary N) is 1. The number of hydrogen-bond donors (Lipinski definition) is 1. The average Bonchev–Trinajstić information content (AvgIpc) is 2.76. The molecule has 2 aromatic heterocycles. The summed E-state index contributed by atoms with van der Waals surface area (Å²) >= 11 is 0. The Hall–Kier alpha value is -2.11. The molecule has 0 bridgehead atoms. The molecule has 2 heterocycles. The number of aromatic nitrogens is 3. The van der Waals surface area contributed by atoms with Crippen LogP contribution in [-0.4, -0.2) is 20.7 Å². The lowest BCUT2D eigenvalue weighted by atomic mass is 10.4. The zero-order chi connectivity index (χ0) is 10.8. The van der Waals surface area contributed by atoms with Crippen molar-refractivity contribution in [1.82, 2.24) is 14.8 Å². The number of nitrogens with zero attached hydrogens (tertiary/aromatic N) is 3. The van der Waals surface area contributed by atoms with Crippen molar-refractivity contribution in [3.63, 3.8) is 0 Å². The molecule has 0 unspecified atom stereocenters. The van der Waals surface area contributed by atoms with Gasteiger partial charge in [0, 0.05) is 7.05 Å². The summed E-state index contributed by atoms with van der Waals surface area (Å²) < 4.78 is 6.44. The van der Waals surface area contributed by atoms with E-state index in [1.54, 1.807) is 26.1 Å². The van der Waals surface area contributed by atoms with E-state index in [4.69, 9.17) is 4.42 Å². The van der Waals surface area contributed by atoms with Gasteiger partial charge in [-0.25, -0.2) is 4.68 Å². The van der Waals surface area contributed by atoms with E-state index in [1.165, 1.54) is 10.9 Å². The highest BCUT2D eigenvalue weighted by Gasteiger charge is 2.12. The van der Waals surface area contributed by atoms with Gasteiger partial charge in [0.25, 0.3) is 5.91 Å². The van der Waals surface area contributed by atoms with Crippen LogP contribution in [0, 0.1) is 6.92 Å². The van der Waals surface area contributed by atoms with Crippen molar-refractivity contribution in [3.05, 3.63) is 30.0 Å². The molecule has 0 atom stereocenters. The third-order valence-electron chi connectivity index (χ3n) is 1.84. The topological polar surface area (TPSA) is 73.0 Å². The van der Waals surface area contributed by atoms with E-state index in [-0.39, 0.29) is 11.7 Å². The van der Waals surface area contributed by atoms with Crippen LogP contribution >= 0.6 is 0 Å². The van der Waals surface area contributed by atoms with E-state index in [1.807, 2.05) is 0 Å². The first kappa shape index (κ1) is 9.45. The molecule has 1 N–H and O–H groups in total. The van der Waals surface area contributed by atoms with Gasteiger partial charge in [0.1, 0.15) is 5.82 Å². The van der Waals surface area contributed by atoms with Gasteiger partial charge >= 0.3 is 0 Å². The van der Waals surface area contributed by atoms with Gasteiger partial charge in [-0.1, -0.05) is 0 Å². The largest absolute Gasteiger partial charge is 0.459 e. The van der Waals surface area contributed by atoms with Gasteiger partial charge in [-0.15, -0.1) is 0 Å². The summed E-state index contributed by atoms with van der Waals surface area (Å²) in [6, 6.07) is 3.23. The quantitative estimate of drug-likeness (QED) is 0.794. The number of rotatable bonds is 2. The molecule has 6 nitrogen and oxygen atoms in total. The minimum Gasteiger partial charge on any atom is -0.459 e. The molecule has 6 heteroatoms. The smallest absolute Gasteiger partial charge is 0.293 e. The molecular formula is C9H10N4O2. The van der Waals surface area contributed by atoms with Gasteiger partial charge in [-0.05, 0) is 19.1 Å². The lowest BCUT2D eigenvalue weighted by Gasteiger charge is -2.00. The van der Waals surface area contributed by atoms with Crippen LogP contribution in [0.5, 0.6) is 0 Å². The van der Waals surface area contributed by atoms with Crippen LogP contribution in [-0.2, 0) is 7.05 Å². The third-order valence-corrected chi connectivity index (χ3v) is 1.84. The van der Waals surface area contributed by atoms with Crippen LogP contribution in [0.4, 0.5) is 5.95 Å². The molecule has 0 aliphatic rings. The summed E-state index contributed by atoms with van der Waals surface area (Å²) in [5.74, 6) is 0.910. The normalized spacial score (nSPS) is 10.3. The molecule has 1 amide bonds. The van der Waals surface area contributed by atoms with Gasteiger partial charge < -0.3 is 4.42 Å². The number of carbonyl (C=O) groups is 1. The number of hydrogen-bond acceptors (Lipinski definition) is 4. The van der Waals surface area contributed by atoms with E-state index in [0.717, 1.165) is 0 Å². The maximum atomic E-state index is 11.6. The van der Waals surface area contributed by atoms with Crippen LogP contribution < -0.4 is 5.32 Å². The fourth-order valence-electron chi connectivity index (χ4n) is 1.19. The van der Waals surface area contributed by atoms with E-state index in [9.17, 15) is 4.79 Å². The number of carbonyl (C=O) groups excluding carboxylic acids is 1. The Morgan fingerprint density at radius 3 is 2.93 bits per heavy atom. The monoisotopic (exact) mass is 206 g/mol. The highest BCUT2D eigenvalue weighted by molar-refractivity contribution is 6.01. The maximum absolute atomic E-state index is 11.6. The van der Waals surface area contributed by atoms with Crippen LogP contribution in [0.1, 0.15) is 16.4 Å². The summed E-state index contributed by atoms with van der Waals surface area (Å²) in [7, 11) is 1.71. The summed E-state index contributed by atoms with van der Waals surface area (Å²) in [5, 5.41) is 6.60. The molecule has 78 valence electrons. The molecular weight excluding hydrogens is 196 g/mol. The Kier molecular flexibility index (Phi) is 2.24. The molecule has 15 heavy (non-hydrogen) atoms. The highest BCUT2D eigenvalue weighted by atomic mass is 16.3. The Morgan fingerprint density at radius 1 is 1.60 bits per heavy atom. The summed E-state index contributed by atoms with van der Waals surface area (Å²) in [5.41, 5.74) is 0. The Morgan fingerprint density at radius 2 is 2.40 bits per heavy atom. The van der Waals surface area contributed by atoms with Crippen molar-refractivity contribution in [1.29, 1.82) is 0 Å². The van der Waals surface area contributed by atoms with E-state index >= 15 is 0 Å². The fourth-order valence-corrected chi connectivity index (χ4v) is 1.19. The van der Waals surface area contributed by atoms with Gasteiger partial charge in [0.2, 0.25) is 5.95 Å². The van der Waals surface area contributed by atoms with Crippen LogP contribution in [0.2, 0.25) is 0 Å². The first-order valence-corrected chi connectivity index (χ1v) is 4.39. The second-order valence-electron chi connectivity index (χ2n) is 3.04. The van der Waals surface area contributed by atoms with Crippen molar-refractivity contribution >= 4 is 11.9 Å². The second kappa shape index (κ2) is 3.56. The molecule has 0 aliphatic carbocycles. The standard InChI is InChI=1S/C9H10N4O2/c1-6-10-9(13(2)12-6)11-8(14)7-4-3-5-15-7/h3-5H,1-2H3,(H,10,11,12,14). The van der Waals surface area contributed by atoms with Gasteiger partial charge in [0.15, 0.2) is 5.76 Å². The van der Waals surface area contributed by atoms with Crippen LogP contribution in [0.25, 0.3) is 0 Å². The SMILES string of the molecule is Cc1nc(NC(=O)c2ccco2)n(C)n1. The Balaban J connectivity index is 2.16. The molecule has 0 saturated carbocycles. The first-order chi connectivity index (χ1) is 7.16. The lowest BCUT2D eigenvalue weighted by Crippen LogP contribution is -2.14. The van der Waals surface area contributed by atoms with Crippen molar-refractivity contribution in [2.45, 2.75) is 6.92 Å². The molecule has 2 aromatic rings. The van der Waals surface area contributed by atoms with Crippen LogP contribution in [0.15, 0.2) is 22.8 Å². The lowest BCUT2D eigenvalue weighted by molar-refractivity contribution is 0.0995. The molecule has 0 fully saturated rings. The summed E-state index contributed by atoms with van der Waals surface area (Å²) in [6.07, 6.45) is 1.44. The Bertz CT molecular complexity index is 472.